The Bertz CT molecular complexity index is 1750. The molecule has 3 aromatic carbocycles. The van der Waals surface area contributed by atoms with Gasteiger partial charge >= 0.3 is 12.4 Å². The molecule has 2 heterocycles. The number of aliphatic imine (C=N–C) groups is 1. The van der Waals surface area contributed by atoms with Gasteiger partial charge in [0.15, 0.2) is 11.0 Å². The van der Waals surface area contributed by atoms with Crippen molar-refractivity contribution in [1.29, 1.82) is 0 Å². The van der Waals surface area contributed by atoms with Crippen molar-refractivity contribution in [2.24, 2.45) is 10.1 Å². The van der Waals surface area contributed by atoms with E-state index in [4.69, 9.17) is 0 Å². The molecule has 0 saturated carbocycles. The Morgan fingerprint density at radius 1 is 1.11 bits per heavy atom. The topological polar surface area (TPSA) is 114 Å². The molecular weight excluding hydrogens is 595 g/mol. The maximum Gasteiger partial charge on any atom is 0.573 e. The molecule has 1 aliphatic heterocycles. The highest BCUT2D eigenvalue weighted by atomic mass is 32.2. The van der Waals surface area contributed by atoms with Gasteiger partial charge in [0, 0.05) is 5.56 Å². The summed E-state index contributed by atoms with van der Waals surface area (Å²) in [5.41, 5.74) is 6.82. The summed E-state index contributed by atoms with van der Waals surface area (Å²) in [4.78, 5) is 35.2. The second-order valence-corrected chi connectivity index (χ2v) is 10.9. The zero-order chi connectivity index (χ0) is 31.4. The number of aryl methyl sites for hydroxylation is 1. The van der Waals surface area contributed by atoms with Crippen LogP contribution >= 0.6 is 11.8 Å². The van der Waals surface area contributed by atoms with Crippen LogP contribution in [0.2, 0.25) is 0 Å². The fourth-order valence-electron chi connectivity index (χ4n) is 4.37. The number of halogens is 3. The van der Waals surface area contributed by atoms with Crippen molar-refractivity contribution in [2.75, 3.05) is 10.7 Å². The molecule has 5 rings (SSSR count). The zero-order valence-corrected chi connectivity index (χ0v) is 24.6. The van der Waals surface area contributed by atoms with Gasteiger partial charge in [0.25, 0.3) is 0 Å². The average molecular weight is 622 g/mol. The van der Waals surface area contributed by atoms with E-state index in [-0.39, 0.29) is 28.5 Å². The molecule has 1 aromatic heterocycles. The Balaban J connectivity index is 1.26. The van der Waals surface area contributed by atoms with E-state index < -0.39 is 12.4 Å². The molecule has 0 unspecified atom stereocenters. The van der Waals surface area contributed by atoms with Crippen molar-refractivity contribution in [3.63, 3.8) is 0 Å². The SMILES string of the molecule is Cc1ccc(C(C)C)c(N2C(=O)CS/C2=N\C(=O)N/N=C/c2cccc(-c3ncn(-c4ccc(OC(F)(F)F)cc4)n3)c2)c1. The number of hydrogen-bond donors (Lipinski definition) is 1. The van der Waals surface area contributed by atoms with E-state index in [1.807, 2.05) is 39.0 Å². The lowest BCUT2D eigenvalue weighted by molar-refractivity contribution is -0.274. The molecule has 1 saturated heterocycles. The first-order chi connectivity index (χ1) is 21.0. The molecule has 1 N–H and O–H groups in total. The number of urea groups is 1. The number of benzene rings is 3. The number of nitrogens with one attached hydrogen (secondary N) is 1. The average Bonchev–Trinajstić information content (AvgIpc) is 3.60. The van der Waals surface area contributed by atoms with Gasteiger partial charge in [0.1, 0.15) is 12.1 Å². The minimum atomic E-state index is -4.77. The number of amides is 3. The number of nitrogens with zero attached hydrogens (tertiary/aromatic N) is 6. The van der Waals surface area contributed by atoms with E-state index in [9.17, 15) is 22.8 Å². The van der Waals surface area contributed by atoms with Crippen LogP contribution in [-0.4, -0.2) is 50.2 Å². The Morgan fingerprint density at radius 2 is 1.89 bits per heavy atom. The molecule has 1 fully saturated rings. The van der Waals surface area contributed by atoms with Crippen molar-refractivity contribution in [2.45, 2.75) is 33.1 Å². The van der Waals surface area contributed by atoms with Crippen LogP contribution in [0.5, 0.6) is 5.75 Å². The molecule has 44 heavy (non-hydrogen) atoms. The summed E-state index contributed by atoms with van der Waals surface area (Å²) < 4.78 is 42.6. The first kappa shape index (κ1) is 30.5. The van der Waals surface area contributed by atoms with Crippen LogP contribution in [0, 0.1) is 6.92 Å². The summed E-state index contributed by atoms with van der Waals surface area (Å²) in [6.07, 6.45) is -1.91. The van der Waals surface area contributed by atoms with E-state index in [0.29, 0.717) is 28.3 Å². The summed E-state index contributed by atoms with van der Waals surface area (Å²) >= 11 is 1.19. The minimum absolute atomic E-state index is 0.155. The first-order valence-electron chi connectivity index (χ1n) is 13.3. The number of aromatic nitrogens is 3. The van der Waals surface area contributed by atoms with Crippen LogP contribution in [0.1, 0.15) is 36.5 Å². The van der Waals surface area contributed by atoms with Gasteiger partial charge < -0.3 is 4.74 Å². The van der Waals surface area contributed by atoms with E-state index in [1.54, 1.807) is 24.3 Å². The second-order valence-electron chi connectivity index (χ2n) is 9.98. The maximum absolute atomic E-state index is 12.8. The summed E-state index contributed by atoms with van der Waals surface area (Å²) in [6, 6.07) is 17.4. The molecule has 0 atom stereocenters. The molecule has 1 aliphatic rings. The van der Waals surface area contributed by atoms with Gasteiger partial charge in [-0.25, -0.2) is 19.9 Å². The molecule has 3 amide bonds. The number of carbonyl (C=O) groups excluding carboxylic acids is 2. The quantitative estimate of drug-likeness (QED) is 0.188. The van der Waals surface area contributed by atoms with Crippen molar-refractivity contribution in [3.05, 3.63) is 89.7 Å². The van der Waals surface area contributed by atoms with Crippen LogP contribution in [0.25, 0.3) is 17.1 Å². The third-order valence-electron chi connectivity index (χ3n) is 6.36. The van der Waals surface area contributed by atoms with Gasteiger partial charge in [0.2, 0.25) is 5.91 Å². The van der Waals surface area contributed by atoms with Crippen LogP contribution in [0.3, 0.4) is 0 Å². The van der Waals surface area contributed by atoms with Gasteiger partial charge in [-0.2, -0.15) is 10.1 Å². The third kappa shape index (κ3) is 7.32. The number of ether oxygens (including phenoxy) is 1. The van der Waals surface area contributed by atoms with Crippen molar-refractivity contribution < 1.29 is 27.5 Å². The lowest BCUT2D eigenvalue weighted by Gasteiger charge is -2.22. The van der Waals surface area contributed by atoms with Gasteiger partial charge in [-0.05, 0) is 65.9 Å². The highest BCUT2D eigenvalue weighted by Gasteiger charge is 2.33. The van der Waals surface area contributed by atoms with Gasteiger partial charge in [0.05, 0.1) is 23.3 Å². The van der Waals surface area contributed by atoms with E-state index in [1.165, 1.54) is 58.2 Å². The number of carbonyl (C=O) groups is 2. The van der Waals surface area contributed by atoms with E-state index in [2.05, 4.69) is 30.3 Å². The normalized spacial score (nSPS) is 14.7. The zero-order valence-electron chi connectivity index (χ0n) is 23.7. The van der Waals surface area contributed by atoms with Crippen molar-refractivity contribution >= 4 is 40.8 Å². The standard InChI is InChI=1S/C30H26F3N7O3S/c1-18(2)24-12-7-19(3)13-25(24)40-26(41)16-44-29(40)36-28(42)37-35-15-20-5-4-6-21(14-20)27-34-17-39(38-27)22-8-10-23(11-9-22)43-30(31,32)33/h4-15,17-18H,16H2,1-3H3,(H,37,42)/b35-15+,36-29-. The molecular formula is C30H26F3N7O3S. The number of anilines is 1. The number of hydrogen-bond acceptors (Lipinski definition) is 7. The summed E-state index contributed by atoms with van der Waals surface area (Å²) in [5, 5.41) is 8.68. The smallest absolute Gasteiger partial charge is 0.406 e. The predicted octanol–water partition coefficient (Wildman–Crippen LogP) is 6.44. The largest absolute Gasteiger partial charge is 0.573 e. The molecule has 226 valence electrons. The van der Waals surface area contributed by atoms with Crippen LogP contribution in [0.15, 0.2) is 83.2 Å². The molecule has 0 spiro atoms. The lowest BCUT2D eigenvalue weighted by Crippen LogP contribution is -2.31. The van der Waals surface area contributed by atoms with Crippen LogP contribution < -0.4 is 15.1 Å². The highest BCUT2D eigenvalue weighted by Crippen LogP contribution is 2.34. The monoisotopic (exact) mass is 621 g/mol. The van der Waals surface area contributed by atoms with Gasteiger partial charge in [-0.1, -0.05) is 55.9 Å². The summed E-state index contributed by atoms with van der Waals surface area (Å²) in [7, 11) is 0. The van der Waals surface area contributed by atoms with E-state index in [0.717, 1.165) is 11.1 Å². The Hall–Kier alpha value is -4.98. The number of thioether (sulfide) groups is 1. The van der Waals surface area contributed by atoms with Gasteiger partial charge in [-0.15, -0.1) is 18.3 Å². The molecule has 4 aromatic rings. The first-order valence-corrected chi connectivity index (χ1v) is 14.3. The summed E-state index contributed by atoms with van der Waals surface area (Å²) in [5.74, 6) is 0.210. The van der Waals surface area contributed by atoms with Crippen molar-refractivity contribution in [1.82, 2.24) is 20.2 Å². The van der Waals surface area contributed by atoms with Gasteiger partial charge in [-0.3, -0.25) is 9.69 Å². The van der Waals surface area contributed by atoms with Crippen molar-refractivity contribution in [3.8, 4) is 22.8 Å². The second kappa shape index (κ2) is 12.7. The highest BCUT2D eigenvalue weighted by molar-refractivity contribution is 8.15. The van der Waals surface area contributed by atoms with E-state index >= 15 is 0 Å². The molecule has 0 radical (unpaired) electrons. The lowest BCUT2D eigenvalue weighted by atomic mass is 9.99. The van der Waals surface area contributed by atoms with Crippen LogP contribution in [0.4, 0.5) is 23.7 Å². The fourth-order valence-corrected chi connectivity index (χ4v) is 5.23. The minimum Gasteiger partial charge on any atom is -0.406 e. The Morgan fingerprint density at radius 3 is 2.61 bits per heavy atom. The number of alkyl halides is 3. The number of amidine groups is 1. The number of rotatable bonds is 7. The molecule has 0 aliphatic carbocycles. The Kier molecular flexibility index (Phi) is 8.81. The Labute approximate surface area is 254 Å². The predicted molar refractivity (Wildman–Crippen MR) is 162 cm³/mol. The molecule has 10 nitrogen and oxygen atoms in total. The number of hydrazone groups is 1. The fraction of sp³-hybridized carbons (Fsp3) is 0.200. The molecule has 0 bridgehead atoms. The summed E-state index contributed by atoms with van der Waals surface area (Å²) in [6.45, 7) is 6.01. The molecule has 14 heteroatoms. The maximum atomic E-state index is 12.8. The van der Waals surface area contributed by atoms with Crippen LogP contribution in [-0.2, 0) is 4.79 Å². The third-order valence-corrected chi connectivity index (χ3v) is 7.28.